The SMILES string of the molecule is C=C(CN1CCCC2=C(C=CC=CC2)C1)[C@H](CC(C)C)NC(=O)c1cccc(OCc2ccccc2)c1. The second-order valence-electron chi connectivity index (χ2n) is 10.6. The second-order valence-corrected chi connectivity index (χ2v) is 10.6. The van der Waals surface area contributed by atoms with Crippen LogP contribution < -0.4 is 10.1 Å². The fourth-order valence-corrected chi connectivity index (χ4v) is 5.01. The largest absolute Gasteiger partial charge is 0.489 e. The number of rotatable bonds is 10. The number of allylic oxidation sites excluding steroid dienone is 4. The zero-order valence-corrected chi connectivity index (χ0v) is 22.3. The van der Waals surface area contributed by atoms with E-state index in [1.54, 1.807) is 5.57 Å². The van der Waals surface area contributed by atoms with Crippen molar-refractivity contribution in [2.24, 2.45) is 5.92 Å². The van der Waals surface area contributed by atoms with Gasteiger partial charge in [-0.2, -0.15) is 0 Å². The Balaban J connectivity index is 1.39. The minimum Gasteiger partial charge on any atom is -0.489 e. The van der Waals surface area contributed by atoms with Crippen molar-refractivity contribution < 1.29 is 9.53 Å². The zero-order valence-electron chi connectivity index (χ0n) is 22.3. The van der Waals surface area contributed by atoms with Gasteiger partial charge in [0.05, 0.1) is 6.04 Å². The van der Waals surface area contributed by atoms with Crippen LogP contribution in [0.3, 0.4) is 0 Å². The molecule has 1 aliphatic heterocycles. The van der Waals surface area contributed by atoms with Crippen LogP contribution in [0, 0.1) is 5.92 Å². The van der Waals surface area contributed by atoms with Crippen LogP contribution in [0.2, 0.25) is 0 Å². The van der Waals surface area contributed by atoms with E-state index in [9.17, 15) is 4.79 Å². The molecule has 1 amide bonds. The van der Waals surface area contributed by atoms with Crippen LogP contribution in [0.4, 0.5) is 0 Å². The molecule has 1 aliphatic carbocycles. The van der Waals surface area contributed by atoms with Gasteiger partial charge in [0.25, 0.3) is 5.91 Å². The highest BCUT2D eigenvalue weighted by Crippen LogP contribution is 2.25. The summed E-state index contributed by atoms with van der Waals surface area (Å²) >= 11 is 0. The molecule has 2 aromatic carbocycles. The minimum absolute atomic E-state index is 0.0792. The van der Waals surface area contributed by atoms with Gasteiger partial charge in [-0.25, -0.2) is 0 Å². The molecule has 1 heterocycles. The Morgan fingerprint density at radius 2 is 1.95 bits per heavy atom. The summed E-state index contributed by atoms with van der Waals surface area (Å²) in [7, 11) is 0. The van der Waals surface area contributed by atoms with Crippen LogP contribution >= 0.6 is 0 Å². The normalized spacial score (nSPS) is 16.6. The predicted molar refractivity (Wildman–Crippen MR) is 153 cm³/mol. The molecule has 4 heteroatoms. The molecule has 0 fully saturated rings. The number of nitrogens with one attached hydrogen (secondary N) is 1. The number of nitrogens with zero attached hydrogens (tertiary/aromatic N) is 1. The molecule has 2 aliphatic rings. The summed E-state index contributed by atoms with van der Waals surface area (Å²) in [4.78, 5) is 15.8. The summed E-state index contributed by atoms with van der Waals surface area (Å²) in [5.41, 5.74) is 5.76. The topological polar surface area (TPSA) is 41.6 Å². The Labute approximate surface area is 222 Å². The van der Waals surface area contributed by atoms with Gasteiger partial charge < -0.3 is 10.1 Å². The van der Waals surface area contributed by atoms with Crippen molar-refractivity contribution in [2.45, 2.75) is 52.2 Å². The number of amides is 1. The maximum atomic E-state index is 13.3. The zero-order chi connectivity index (χ0) is 26.0. The van der Waals surface area contributed by atoms with Crippen molar-refractivity contribution in [2.75, 3.05) is 19.6 Å². The molecular formula is C33H40N2O2. The highest BCUT2D eigenvalue weighted by atomic mass is 16.5. The molecule has 0 saturated carbocycles. The molecule has 4 nitrogen and oxygen atoms in total. The van der Waals surface area contributed by atoms with Crippen molar-refractivity contribution >= 4 is 5.91 Å². The summed E-state index contributed by atoms with van der Waals surface area (Å²) in [5, 5.41) is 3.28. The molecule has 0 spiro atoms. The van der Waals surface area contributed by atoms with Crippen LogP contribution in [0.5, 0.6) is 5.75 Å². The molecule has 194 valence electrons. The first-order valence-electron chi connectivity index (χ1n) is 13.5. The first kappa shape index (κ1) is 26.7. The average Bonchev–Trinajstić information content (AvgIpc) is 3.23. The van der Waals surface area contributed by atoms with Gasteiger partial charge in [0, 0.05) is 18.7 Å². The quantitative estimate of drug-likeness (QED) is 0.365. The molecule has 0 saturated heterocycles. The van der Waals surface area contributed by atoms with Gasteiger partial charge in [0.2, 0.25) is 0 Å². The molecule has 1 atom stereocenters. The van der Waals surface area contributed by atoms with E-state index in [4.69, 9.17) is 4.74 Å². The van der Waals surface area contributed by atoms with Crippen LogP contribution in [0.25, 0.3) is 0 Å². The van der Waals surface area contributed by atoms with E-state index in [1.807, 2.05) is 54.6 Å². The summed E-state index contributed by atoms with van der Waals surface area (Å²) in [6.07, 6.45) is 13.0. The van der Waals surface area contributed by atoms with Crippen molar-refractivity contribution in [3.63, 3.8) is 0 Å². The molecule has 0 unspecified atom stereocenters. The lowest BCUT2D eigenvalue weighted by Crippen LogP contribution is -2.41. The summed E-state index contributed by atoms with van der Waals surface area (Å²) in [6.45, 7) is 12.1. The Morgan fingerprint density at radius 1 is 1.11 bits per heavy atom. The number of benzene rings is 2. The van der Waals surface area contributed by atoms with Gasteiger partial charge >= 0.3 is 0 Å². The van der Waals surface area contributed by atoms with E-state index < -0.39 is 0 Å². The van der Waals surface area contributed by atoms with Crippen molar-refractivity contribution in [1.82, 2.24) is 10.2 Å². The standard InChI is InChI=1S/C33H40N2O2/c1-25(2)20-32(26(3)22-35-19-11-17-28-14-8-5-9-15-30(28)23-35)34-33(36)29-16-10-18-31(21-29)37-24-27-12-6-4-7-13-27/h4-10,12-13,15-16,18,21,25,32H,3,11,14,17,19-20,22-24H2,1-2H3,(H,34,36)/t32-/m0/s1. The average molecular weight is 497 g/mol. The first-order chi connectivity index (χ1) is 18.0. The first-order valence-corrected chi connectivity index (χ1v) is 13.5. The van der Waals surface area contributed by atoms with Gasteiger partial charge in [-0.1, -0.05) is 86.7 Å². The van der Waals surface area contributed by atoms with Crippen LogP contribution in [-0.4, -0.2) is 36.5 Å². The van der Waals surface area contributed by atoms with Gasteiger partial charge in [-0.3, -0.25) is 9.69 Å². The van der Waals surface area contributed by atoms with Crippen molar-refractivity contribution in [3.8, 4) is 5.75 Å². The summed E-state index contributed by atoms with van der Waals surface area (Å²) < 4.78 is 5.95. The monoisotopic (exact) mass is 496 g/mol. The Hall–Kier alpha value is -3.37. The summed E-state index contributed by atoms with van der Waals surface area (Å²) in [6, 6.07) is 17.4. The molecule has 0 bridgehead atoms. The van der Waals surface area contributed by atoms with E-state index in [2.05, 4.69) is 54.9 Å². The van der Waals surface area contributed by atoms with Gasteiger partial charge in [-0.05, 0) is 73.1 Å². The number of carbonyl (C=O) groups excluding carboxylic acids is 1. The Kier molecular flexibility index (Phi) is 9.56. The Bertz CT molecular complexity index is 1160. The smallest absolute Gasteiger partial charge is 0.251 e. The van der Waals surface area contributed by atoms with Crippen molar-refractivity contribution in [3.05, 3.63) is 113 Å². The van der Waals surface area contributed by atoms with E-state index in [0.717, 1.165) is 56.5 Å². The third-order valence-electron chi connectivity index (χ3n) is 6.99. The predicted octanol–water partition coefficient (Wildman–Crippen LogP) is 6.87. The van der Waals surface area contributed by atoms with E-state index >= 15 is 0 Å². The van der Waals surface area contributed by atoms with E-state index in [0.29, 0.717) is 23.8 Å². The maximum absolute atomic E-state index is 13.3. The van der Waals surface area contributed by atoms with Gasteiger partial charge in [-0.15, -0.1) is 0 Å². The molecule has 4 rings (SSSR count). The Morgan fingerprint density at radius 3 is 2.76 bits per heavy atom. The van der Waals surface area contributed by atoms with E-state index in [-0.39, 0.29) is 11.9 Å². The lowest BCUT2D eigenvalue weighted by molar-refractivity contribution is 0.0937. The molecule has 1 N–H and O–H groups in total. The molecule has 0 aromatic heterocycles. The van der Waals surface area contributed by atoms with Gasteiger partial charge in [0.1, 0.15) is 12.4 Å². The maximum Gasteiger partial charge on any atom is 0.251 e. The minimum atomic E-state index is -0.0874. The van der Waals surface area contributed by atoms with Crippen LogP contribution in [-0.2, 0) is 6.61 Å². The number of ether oxygens (including phenoxy) is 1. The third-order valence-corrected chi connectivity index (χ3v) is 6.99. The second kappa shape index (κ2) is 13.3. The van der Waals surface area contributed by atoms with Crippen LogP contribution in [0.1, 0.15) is 55.5 Å². The molecule has 0 radical (unpaired) electrons. The fraction of sp³-hybridized carbons (Fsp3) is 0.364. The third kappa shape index (κ3) is 8.06. The number of hydrogen-bond acceptors (Lipinski definition) is 3. The molecule has 37 heavy (non-hydrogen) atoms. The highest BCUT2D eigenvalue weighted by Gasteiger charge is 2.22. The lowest BCUT2D eigenvalue weighted by atomic mass is 9.96. The number of hydrogen-bond donors (Lipinski definition) is 1. The lowest BCUT2D eigenvalue weighted by Gasteiger charge is -2.28. The molecule has 2 aromatic rings. The molecular weight excluding hydrogens is 456 g/mol. The van der Waals surface area contributed by atoms with Gasteiger partial charge in [0.15, 0.2) is 0 Å². The number of carbonyl (C=O) groups is 1. The fourth-order valence-electron chi connectivity index (χ4n) is 5.01. The van der Waals surface area contributed by atoms with E-state index in [1.165, 1.54) is 5.57 Å². The summed E-state index contributed by atoms with van der Waals surface area (Å²) in [5.74, 6) is 1.04. The van der Waals surface area contributed by atoms with Crippen LogP contribution in [0.15, 0.2) is 102 Å². The van der Waals surface area contributed by atoms with Crippen molar-refractivity contribution in [1.29, 1.82) is 0 Å². The highest BCUT2D eigenvalue weighted by molar-refractivity contribution is 5.95.